The Bertz CT molecular complexity index is 716. The number of aliphatic hydroxyl groups is 1. The number of nitrogens with one attached hydrogen (secondary N) is 2. The maximum atomic E-state index is 13.6. The van der Waals surface area contributed by atoms with E-state index in [1.54, 1.807) is 13.0 Å². The topological polar surface area (TPSA) is 90.8 Å². The first-order chi connectivity index (χ1) is 12.3. The summed E-state index contributed by atoms with van der Waals surface area (Å²) >= 11 is 0. The van der Waals surface area contributed by atoms with Gasteiger partial charge in [0, 0.05) is 12.8 Å². The number of allylic oxidation sites excluding steroid dienone is 1. The quantitative estimate of drug-likeness (QED) is 0.703. The number of hydrogen-bond donors (Lipinski definition) is 3. The Kier molecular flexibility index (Phi) is 6.70. The largest absolute Gasteiger partial charge is 0.387 e. The molecule has 0 fully saturated rings. The average Bonchev–Trinajstić information content (AvgIpc) is 2.75. The molecule has 1 aliphatic heterocycles. The van der Waals surface area contributed by atoms with Gasteiger partial charge in [0.25, 0.3) is 0 Å². The fourth-order valence-electron chi connectivity index (χ4n) is 2.48. The van der Waals surface area contributed by atoms with Crippen molar-refractivity contribution >= 4 is 17.9 Å². The molecular formula is C18H21F2N3O3. The fourth-order valence-corrected chi connectivity index (χ4v) is 2.48. The normalized spacial score (nSPS) is 22.0. The van der Waals surface area contributed by atoms with E-state index in [2.05, 4.69) is 15.6 Å². The smallest absolute Gasteiger partial charge is 0.237 e. The minimum Gasteiger partial charge on any atom is -0.387 e. The lowest BCUT2D eigenvalue weighted by molar-refractivity contribution is -0.128. The summed E-state index contributed by atoms with van der Waals surface area (Å²) in [5.41, 5.74) is -0.458. The van der Waals surface area contributed by atoms with E-state index >= 15 is 0 Å². The molecule has 1 aromatic rings. The van der Waals surface area contributed by atoms with E-state index in [0.717, 1.165) is 12.1 Å². The van der Waals surface area contributed by atoms with Crippen LogP contribution in [0.2, 0.25) is 0 Å². The molecule has 3 unspecified atom stereocenters. The molecule has 1 amide bonds. The number of benzene rings is 1. The van der Waals surface area contributed by atoms with Crippen molar-refractivity contribution in [2.75, 3.05) is 6.54 Å². The van der Waals surface area contributed by atoms with Crippen LogP contribution in [0.1, 0.15) is 25.5 Å². The molecule has 0 aliphatic carbocycles. The molecule has 6 nitrogen and oxygen atoms in total. The van der Waals surface area contributed by atoms with Gasteiger partial charge in [0.1, 0.15) is 23.7 Å². The molecule has 140 valence electrons. The number of nitrogens with zero attached hydrogens (tertiary/aromatic N) is 1. The zero-order valence-corrected chi connectivity index (χ0v) is 14.4. The van der Waals surface area contributed by atoms with Gasteiger partial charge >= 0.3 is 0 Å². The van der Waals surface area contributed by atoms with Crippen molar-refractivity contribution in [2.24, 2.45) is 4.99 Å². The highest BCUT2D eigenvalue weighted by Gasteiger charge is 2.26. The number of hydrogen-bond acceptors (Lipinski definition) is 5. The molecule has 0 spiro atoms. The molecule has 1 aliphatic rings. The monoisotopic (exact) mass is 365 g/mol. The van der Waals surface area contributed by atoms with Crippen molar-refractivity contribution in [3.8, 4) is 0 Å². The Balaban J connectivity index is 1.92. The molecular weight excluding hydrogens is 344 g/mol. The summed E-state index contributed by atoms with van der Waals surface area (Å²) < 4.78 is 27.3. The second kappa shape index (κ2) is 8.77. The van der Waals surface area contributed by atoms with Gasteiger partial charge < -0.3 is 15.7 Å². The molecule has 1 aromatic carbocycles. The summed E-state index contributed by atoms with van der Waals surface area (Å²) in [6.07, 6.45) is 3.15. The summed E-state index contributed by atoms with van der Waals surface area (Å²) in [6, 6.07) is 1.13. The van der Waals surface area contributed by atoms with E-state index in [1.807, 2.05) is 0 Å². The molecule has 0 radical (unpaired) electrons. The van der Waals surface area contributed by atoms with Crippen molar-refractivity contribution in [2.45, 2.75) is 38.1 Å². The van der Waals surface area contributed by atoms with Crippen LogP contribution in [0, 0.1) is 11.6 Å². The van der Waals surface area contributed by atoms with Crippen molar-refractivity contribution in [3.05, 3.63) is 47.5 Å². The minimum atomic E-state index is -1.46. The van der Waals surface area contributed by atoms with Gasteiger partial charge in [0.05, 0.1) is 17.7 Å². The van der Waals surface area contributed by atoms with Crippen LogP contribution in [0.3, 0.4) is 0 Å². The zero-order chi connectivity index (χ0) is 19.3. The van der Waals surface area contributed by atoms with Crippen LogP contribution in [0.4, 0.5) is 8.78 Å². The van der Waals surface area contributed by atoms with Gasteiger partial charge in [0.2, 0.25) is 5.91 Å². The number of carbonyl (C=O) groups is 2. The molecule has 1 heterocycles. The number of halogens is 2. The summed E-state index contributed by atoms with van der Waals surface area (Å²) in [5, 5.41) is 15.3. The highest BCUT2D eigenvalue weighted by Crippen LogP contribution is 2.20. The third kappa shape index (κ3) is 4.80. The van der Waals surface area contributed by atoms with Crippen LogP contribution in [0.25, 0.3) is 0 Å². The summed E-state index contributed by atoms with van der Waals surface area (Å²) in [5.74, 6) is -2.45. The predicted octanol–water partition coefficient (Wildman–Crippen LogP) is 1.06. The summed E-state index contributed by atoms with van der Waals surface area (Å²) in [4.78, 5) is 28.3. The van der Waals surface area contributed by atoms with Crippen molar-refractivity contribution in [1.29, 1.82) is 0 Å². The molecule has 4 atom stereocenters. The SMILES string of the molecule is CC1N=CC=CC(NC(=O)[C@H](C)NCC(O)c2c(F)cccc2F)C1=O. The van der Waals surface area contributed by atoms with Crippen LogP contribution in [0.15, 0.2) is 35.3 Å². The number of rotatable bonds is 6. The zero-order valence-electron chi connectivity index (χ0n) is 14.4. The number of Topliss-reactive ketones (excluding diaryl/α,β-unsaturated/α-hetero) is 1. The Morgan fingerprint density at radius 2 is 2.00 bits per heavy atom. The molecule has 0 saturated carbocycles. The van der Waals surface area contributed by atoms with E-state index < -0.39 is 47.3 Å². The van der Waals surface area contributed by atoms with Gasteiger partial charge in [-0.05, 0) is 32.1 Å². The van der Waals surface area contributed by atoms with Crippen LogP contribution < -0.4 is 10.6 Å². The Morgan fingerprint density at radius 3 is 2.65 bits per heavy atom. The Labute approximate surface area is 150 Å². The van der Waals surface area contributed by atoms with Crippen molar-refractivity contribution < 1.29 is 23.5 Å². The summed E-state index contributed by atoms with van der Waals surface area (Å²) in [7, 11) is 0. The molecule has 0 bridgehead atoms. The first-order valence-electron chi connectivity index (χ1n) is 8.20. The second-order valence-electron chi connectivity index (χ2n) is 6.03. The average molecular weight is 365 g/mol. The fraction of sp³-hybridized carbons (Fsp3) is 0.389. The Hall–Kier alpha value is -2.45. The molecule has 2 rings (SSSR count). The van der Waals surface area contributed by atoms with Gasteiger partial charge in [-0.15, -0.1) is 0 Å². The number of ketones is 1. The van der Waals surface area contributed by atoms with Gasteiger partial charge in [-0.3, -0.25) is 14.6 Å². The van der Waals surface area contributed by atoms with Crippen molar-refractivity contribution in [1.82, 2.24) is 10.6 Å². The van der Waals surface area contributed by atoms with E-state index in [0.29, 0.717) is 0 Å². The molecule has 8 heteroatoms. The first kappa shape index (κ1) is 19.9. The lowest BCUT2D eigenvalue weighted by atomic mass is 10.1. The van der Waals surface area contributed by atoms with E-state index in [-0.39, 0.29) is 12.3 Å². The van der Waals surface area contributed by atoms with Crippen molar-refractivity contribution in [3.63, 3.8) is 0 Å². The predicted molar refractivity (Wildman–Crippen MR) is 92.8 cm³/mol. The van der Waals surface area contributed by atoms with Crippen LogP contribution in [0.5, 0.6) is 0 Å². The number of aliphatic imine (C=N–C) groups is 1. The second-order valence-corrected chi connectivity index (χ2v) is 6.03. The highest BCUT2D eigenvalue weighted by molar-refractivity contribution is 5.97. The first-order valence-corrected chi connectivity index (χ1v) is 8.20. The highest BCUT2D eigenvalue weighted by atomic mass is 19.1. The van der Waals surface area contributed by atoms with E-state index in [9.17, 15) is 23.5 Å². The third-order valence-corrected chi connectivity index (χ3v) is 4.06. The summed E-state index contributed by atoms with van der Waals surface area (Å²) in [6.45, 7) is 2.91. The maximum absolute atomic E-state index is 13.6. The van der Waals surface area contributed by atoms with Crippen LogP contribution >= 0.6 is 0 Å². The number of aliphatic hydroxyl groups excluding tert-OH is 1. The molecule has 3 N–H and O–H groups in total. The maximum Gasteiger partial charge on any atom is 0.237 e. The van der Waals surface area contributed by atoms with Gasteiger partial charge in [-0.2, -0.15) is 0 Å². The molecule has 26 heavy (non-hydrogen) atoms. The van der Waals surface area contributed by atoms with Crippen LogP contribution in [-0.2, 0) is 9.59 Å². The lowest BCUT2D eigenvalue weighted by Crippen LogP contribution is -2.50. The lowest BCUT2D eigenvalue weighted by Gasteiger charge is -2.20. The van der Waals surface area contributed by atoms with Crippen LogP contribution in [-0.4, -0.2) is 47.7 Å². The van der Waals surface area contributed by atoms with Gasteiger partial charge in [0.15, 0.2) is 5.78 Å². The minimum absolute atomic E-state index is 0.236. The van der Waals surface area contributed by atoms with Gasteiger partial charge in [-0.1, -0.05) is 12.1 Å². The van der Waals surface area contributed by atoms with E-state index in [1.165, 1.54) is 25.3 Å². The number of amides is 1. The standard InChI is InChI=1S/C18H21F2N3O3/c1-10-17(25)14(7-4-8-21-10)23-18(26)11(2)22-9-15(24)16-12(19)5-3-6-13(16)20/h3-8,10-11,14-15,22,24H,9H2,1-2H3,(H,23,26)/t10?,11-,14?,15?/m0/s1. The Morgan fingerprint density at radius 1 is 1.35 bits per heavy atom. The molecule has 0 saturated heterocycles. The van der Waals surface area contributed by atoms with Gasteiger partial charge in [-0.25, -0.2) is 8.78 Å². The molecule has 0 aromatic heterocycles. The van der Waals surface area contributed by atoms with E-state index in [4.69, 9.17) is 0 Å². The number of carbonyl (C=O) groups excluding carboxylic acids is 2. The third-order valence-electron chi connectivity index (χ3n) is 4.06.